The van der Waals surface area contributed by atoms with Gasteiger partial charge in [0.15, 0.2) is 0 Å². The quantitative estimate of drug-likeness (QED) is 0.622. The highest BCUT2D eigenvalue weighted by Crippen LogP contribution is 2.24. The van der Waals surface area contributed by atoms with E-state index in [1.807, 2.05) is 0 Å². The Labute approximate surface area is 109 Å². The summed E-state index contributed by atoms with van der Waals surface area (Å²) in [4.78, 5) is 4.80. The Kier molecular flexibility index (Phi) is 4.33. The molecule has 18 heavy (non-hydrogen) atoms. The molecule has 1 saturated heterocycles. The van der Waals surface area contributed by atoms with Gasteiger partial charge in [0.05, 0.1) is 5.84 Å². The Morgan fingerprint density at radius 2 is 2.06 bits per heavy atom. The van der Waals surface area contributed by atoms with Crippen molar-refractivity contribution >= 4 is 5.84 Å². The second kappa shape index (κ2) is 5.98. The van der Waals surface area contributed by atoms with E-state index in [4.69, 9.17) is 11.1 Å². The summed E-state index contributed by atoms with van der Waals surface area (Å²) in [6, 6.07) is 11.0. The summed E-state index contributed by atoms with van der Waals surface area (Å²) in [7, 11) is 2.16. The summed E-state index contributed by atoms with van der Waals surface area (Å²) >= 11 is 0. The van der Waals surface area contributed by atoms with Gasteiger partial charge in [-0.1, -0.05) is 30.3 Å². The number of rotatable bonds is 4. The van der Waals surface area contributed by atoms with Gasteiger partial charge in [0.1, 0.15) is 0 Å². The van der Waals surface area contributed by atoms with Gasteiger partial charge in [0.2, 0.25) is 0 Å². The Morgan fingerprint density at radius 1 is 1.33 bits per heavy atom. The molecule has 1 aromatic carbocycles. The van der Waals surface area contributed by atoms with Crippen molar-refractivity contribution in [3.8, 4) is 0 Å². The highest BCUT2D eigenvalue weighted by atomic mass is 15.3. The van der Waals surface area contributed by atoms with Crippen molar-refractivity contribution in [2.75, 3.05) is 33.2 Å². The number of amidine groups is 1. The van der Waals surface area contributed by atoms with Gasteiger partial charge < -0.3 is 10.6 Å². The van der Waals surface area contributed by atoms with E-state index in [1.54, 1.807) is 0 Å². The fraction of sp³-hybridized carbons (Fsp3) is 0.500. The van der Waals surface area contributed by atoms with Crippen LogP contribution in [0.3, 0.4) is 0 Å². The van der Waals surface area contributed by atoms with Crippen LogP contribution in [0.1, 0.15) is 18.0 Å². The van der Waals surface area contributed by atoms with Crippen LogP contribution >= 0.6 is 0 Å². The molecule has 0 aliphatic carbocycles. The molecule has 4 nitrogen and oxygen atoms in total. The third-order valence-corrected chi connectivity index (χ3v) is 3.55. The first-order valence-corrected chi connectivity index (χ1v) is 6.47. The second-order valence-corrected chi connectivity index (χ2v) is 5.00. The lowest BCUT2D eigenvalue weighted by molar-refractivity contribution is 0.0925. The van der Waals surface area contributed by atoms with E-state index in [1.165, 1.54) is 5.56 Å². The van der Waals surface area contributed by atoms with E-state index >= 15 is 0 Å². The van der Waals surface area contributed by atoms with Crippen molar-refractivity contribution < 1.29 is 0 Å². The molecule has 98 valence electrons. The zero-order chi connectivity index (χ0) is 13.0. The molecule has 1 aromatic rings. The van der Waals surface area contributed by atoms with Crippen molar-refractivity contribution in [2.24, 2.45) is 5.73 Å². The van der Waals surface area contributed by atoms with Crippen LogP contribution in [0.5, 0.6) is 0 Å². The van der Waals surface area contributed by atoms with Gasteiger partial charge in [-0.05, 0) is 12.6 Å². The van der Waals surface area contributed by atoms with Gasteiger partial charge in [-0.15, -0.1) is 0 Å². The van der Waals surface area contributed by atoms with Crippen molar-refractivity contribution in [1.29, 1.82) is 5.41 Å². The summed E-state index contributed by atoms with van der Waals surface area (Å²) < 4.78 is 0. The van der Waals surface area contributed by atoms with Crippen LogP contribution in [-0.2, 0) is 0 Å². The molecule has 3 N–H and O–H groups in total. The fourth-order valence-electron chi connectivity index (χ4n) is 2.48. The van der Waals surface area contributed by atoms with Gasteiger partial charge in [-0.2, -0.15) is 0 Å². The largest absolute Gasteiger partial charge is 0.388 e. The standard InChI is InChI=1S/C14H22N4/c1-17-9-10-18(8-7-14(15)16)13(11-17)12-5-3-2-4-6-12/h2-6,13H,7-11H2,1H3,(H3,15,16). The maximum absolute atomic E-state index is 7.36. The van der Waals surface area contributed by atoms with Crippen LogP contribution in [0, 0.1) is 5.41 Å². The van der Waals surface area contributed by atoms with Crippen LogP contribution < -0.4 is 5.73 Å². The zero-order valence-electron chi connectivity index (χ0n) is 11.0. The lowest BCUT2D eigenvalue weighted by Gasteiger charge is -2.40. The molecule has 0 aromatic heterocycles. The molecular formula is C14H22N4. The Hall–Kier alpha value is -1.39. The first-order chi connectivity index (χ1) is 8.66. The van der Waals surface area contributed by atoms with Gasteiger partial charge in [-0.3, -0.25) is 10.3 Å². The first kappa shape index (κ1) is 13.1. The van der Waals surface area contributed by atoms with Crippen LogP contribution in [0.15, 0.2) is 30.3 Å². The molecule has 0 amide bonds. The summed E-state index contributed by atoms with van der Waals surface area (Å²) in [6.07, 6.45) is 0.660. The van der Waals surface area contributed by atoms with Gasteiger partial charge in [0, 0.05) is 38.6 Å². The number of piperazine rings is 1. The number of likely N-dealkylation sites (N-methyl/N-ethyl adjacent to an activating group) is 1. The molecule has 0 saturated carbocycles. The van der Waals surface area contributed by atoms with Crippen molar-refractivity contribution in [3.63, 3.8) is 0 Å². The molecule has 2 rings (SSSR count). The number of nitrogens with zero attached hydrogens (tertiary/aromatic N) is 2. The minimum atomic E-state index is 0.278. The zero-order valence-corrected chi connectivity index (χ0v) is 11.0. The normalized spacial score (nSPS) is 21.9. The lowest BCUT2D eigenvalue weighted by Crippen LogP contribution is -2.47. The van der Waals surface area contributed by atoms with E-state index in [9.17, 15) is 0 Å². The number of hydrogen-bond acceptors (Lipinski definition) is 3. The Bertz CT molecular complexity index is 390. The predicted octanol–water partition coefficient (Wildman–Crippen LogP) is 1.30. The molecule has 1 fully saturated rings. The average molecular weight is 246 g/mol. The molecule has 0 bridgehead atoms. The summed E-state index contributed by atoms with van der Waals surface area (Å²) in [5.41, 5.74) is 6.82. The van der Waals surface area contributed by atoms with Gasteiger partial charge in [0.25, 0.3) is 0 Å². The summed E-state index contributed by atoms with van der Waals surface area (Å²) in [5.74, 6) is 0.278. The summed E-state index contributed by atoms with van der Waals surface area (Å²) in [6.45, 7) is 4.05. The van der Waals surface area contributed by atoms with Crippen LogP contribution in [-0.4, -0.2) is 48.9 Å². The van der Waals surface area contributed by atoms with Crippen LogP contribution in [0.2, 0.25) is 0 Å². The maximum Gasteiger partial charge on any atom is 0.0918 e. The molecular weight excluding hydrogens is 224 g/mol. The Balaban J connectivity index is 2.08. The topological polar surface area (TPSA) is 56.4 Å². The van der Waals surface area contributed by atoms with Gasteiger partial charge in [-0.25, -0.2) is 0 Å². The van der Waals surface area contributed by atoms with Crippen molar-refractivity contribution in [1.82, 2.24) is 9.80 Å². The van der Waals surface area contributed by atoms with E-state index in [0.29, 0.717) is 12.5 Å². The number of benzene rings is 1. The minimum Gasteiger partial charge on any atom is -0.388 e. The highest BCUT2D eigenvalue weighted by Gasteiger charge is 2.25. The van der Waals surface area contributed by atoms with E-state index in [0.717, 1.165) is 26.2 Å². The van der Waals surface area contributed by atoms with E-state index in [2.05, 4.69) is 47.2 Å². The molecule has 0 radical (unpaired) electrons. The SMILES string of the molecule is CN1CCN(CCC(=N)N)C(c2ccccc2)C1. The molecule has 1 unspecified atom stereocenters. The van der Waals surface area contributed by atoms with Crippen LogP contribution in [0.25, 0.3) is 0 Å². The summed E-state index contributed by atoms with van der Waals surface area (Å²) in [5, 5.41) is 7.36. The minimum absolute atomic E-state index is 0.278. The molecule has 0 spiro atoms. The van der Waals surface area contributed by atoms with E-state index in [-0.39, 0.29) is 5.84 Å². The fourth-order valence-corrected chi connectivity index (χ4v) is 2.48. The number of hydrogen-bond donors (Lipinski definition) is 2. The molecule has 1 atom stereocenters. The second-order valence-electron chi connectivity index (χ2n) is 5.00. The van der Waals surface area contributed by atoms with Gasteiger partial charge >= 0.3 is 0 Å². The third kappa shape index (κ3) is 3.31. The lowest BCUT2D eigenvalue weighted by atomic mass is 10.0. The Morgan fingerprint density at radius 3 is 2.72 bits per heavy atom. The molecule has 1 heterocycles. The van der Waals surface area contributed by atoms with E-state index < -0.39 is 0 Å². The predicted molar refractivity (Wildman–Crippen MR) is 74.8 cm³/mol. The highest BCUT2D eigenvalue weighted by molar-refractivity contribution is 5.76. The van der Waals surface area contributed by atoms with Crippen molar-refractivity contribution in [3.05, 3.63) is 35.9 Å². The first-order valence-electron chi connectivity index (χ1n) is 6.47. The maximum atomic E-state index is 7.36. The number of nitrogens with one attached hydrogen (secondary N) is 1. The monoisotopic (exact) mass is 246 g/mol. The molecule has 4 heteroatoms. The van der Waals surface area contributed by atoms with Crippen LogP contribution in [0.4, 0.5) is 0 Å². The average Bonchev–Trinajstić information content (AvgIpc) is 2.38. The van der Waals surface area contributed by atoms with Crippen molar-refractivity contribution in [2.45, 2.75) is 12.5 Å². The third-order valence-electron chi connectivity index (χ3n) is 3.55. The smallest absolute Gasteiger partial charge is 0.0918 e. The molecule has 1 aliphatic rings. The molecule has 1 aliphatic heterocycles. The number of nitrogens with two attached hydrogens (primary N) is 1.